The van der Waals surface area contributed by atoms with E-state index in [1.54, 1.807) is 13.3 Å². The van der Waals surface area contributed by atoms with E-state index in [0.29, 0.717) is 23.3 Å². The Morgan fingerprint density at radius 1 is 1.53 bits per heavy atom. The summed E-state index contributed by atoms with van der Waals surface area (Å²) in [6.07, 6.45) is 3.44. The molecular formula is C12H16BrN3O2S. The monoisotopic (exact) mass is 345 g/mol. The molecule has 0 heterocycles. The van der Waals surface area contributed by atoms with Crippen molar-refractivity contribution in [3.63, 3.8) is 0 Å². The number of nitrogens with two attached hydrogens (primary N) is 1. The van der Waals surface area contributed by atoms with E-state index in [0.717, 1.165) is 10.0 Å². The Morgan fingerprint density at radius 3 is 2.84 bits per heavy atom. The molecule has 0 radical (unpaired) electrons. The fourth-order valence-electron chi connectivity index (χ4n) is 1.29. The zero-order valence-corrected chi connectivity index (χ0v) is 13.4. The van der Waals surface area contributed by atoms with Crippen LogP contribution in [0.3, 0.4) is 0 Å². The van der Waals surface area contributed by atoms with Crippen LogP contribution in [0.2, 0.25) is 0 Å². The van der Waals surface area contributed by atoms with Crippen molar-refractivity contribution in [3.05, 3.63) is 22.2 Å². The molecule has 0 aliphatic rings. The van der Waals surface area contributed by atoms with Gasteiger partial charge in [-0.2, -0.15) is 5.10 Å². The van der Waals surface area contributed by atoms with Gasteiger partial charge in [-0.25, -0.2) is 0 Å². The minimum Gasteiger partial charge on any atom is -0.493 e. The number of thioether (sulfide) groups is 1. The van der Waals surface area contributed by atoms with Crippen molar-refractivity contribution in [1.82, 2.24) is 0 Å². The van der Waals surface area contributed by atoms with E-state index < -0.39 is 0 Å². The van der Waals surface area contributed by atoms with E-state index in [1.807, 2.05) is 25.3 Å². The number of hydrogen-bond acceptors (Lipinski definition) is 5. The molecule has 0 aliphatic carbocycles. The quantitative estimate of drug-likeness (QED) is 0.506. The predicted octanol–water partition coefficient (Wildman–Crippen LogP) is 2.87. The lowest BCUT2D eigenvalue weighted by molar-refractivity contribution is 0.309. The number of rotatable bonds is 5. The van der Waals surface area contributed by atoms with Crippen LogP contribution in [-0.2, 0) is 0 Å². The third-order valence-electron chi connectivity index (χ3n) is 2.11. The molecule has 0 bridgehead atoms. The maximum atomic E-state index is 5.53. The summed E-state index contributed by atoms with van der Waals surface area (Å²) in [4.78, 5) is 0. The smallest absolute Gasteiger partial charge is 0.180 e. The first kappa shape index (κ1) is 15.8. The summed E-state index contributed by atoms with van der Waals surface area (Å²) in [6, 6.07) is 3.70. The van der Waals surface area contributed by atoms with Crippen LogP contribution in [0.25, 0.3) is 0 Å². The largest absolute Gasteiger partial charge is 0.493 e. The Balaban J connectivity index is 3.01. The number of hydrogen-bond donors (Lipinski definition) is 1. The van der Waals surface area contributed by atoms with Crippen LogP contribution >= 0.6 is 27.7 Å². The molecule has 104 valence electrons. The van der Waals surface area contributed by atoms with Crippen LogP contribution in [0.15, 0.2) is 26.8 Å². The molecule has 0 amide bonds. The van der Waals surface area contributed by atoms with Crippen LogP contribution in [0.4, 0.5) is 0 Å². The summed E-state index contributed by atoms with van der Waals surface area (Å²) in [5, 5.41) is 8.14. The van der Waals surface area contributed by atoms with Crippen LogP contribution in [0.1, 0.15) is 12.5 Å². The summed E-state index contributed by atoms with van der Waals surface area (Å²) in [6.45, 7) is 2.48. The maximum Gasteiger partial charge on any atom is 0.180 e. The number of amidine groups is 1. The lowest BCUT2D eigenvalue weighted by Crippen LogP contribution is -2.04. The van der Waals surface area contributed by atoms with Crippen molar-refractivity contribution in [2.75, 3.05) is 20.0 Å². The molecule has 0 fully saturated rings. The molecule has 0 atom stereocenters. The highest BCUT2D eigenvalue weighted by molar-refractivity contribution is 9.10. The number of halogens is 1. The molecule has 0 saturated heterocycles. The molecular weight excluding hydrogens is 330 g/mol. The van der Waals surface area contributed by atoms with Crippen molar-refractivity contribution in [2.24, 2.45) is 15.9 Å². The summed E-state index contributed by atoms with van der Waals surface area (Å²) >= 11 is 4.78. The second-order valence-corrected chi connectivity index (χ2v) is 5.03. The van der Waals surface area contributed by atoms with Gasteiger partial charge in [-0.05, 0) is 46.8 Å². The van der Waals surface area contributed by atoms with Gasteiger partial charge in [0.2, 0.25) is 0 Å². The topological polar surface area (TPSA) is 69.2 Å². The highest BCUT2D eigenvalue weighted by Gasteiger charge is 2.10. The number of benzene rings is 1. The Kier molecular flexibility index (Phi) is 6.72. The zero-order valence-electron chi connectivity index (χ0n) is 11.0. The van der Waals surface area contributed by atoms with E-state index in [-0.39, 0.29) is 0 Å². The second-order valence-electron chi connectivity index (χ2n) is 3.35. The molecule has 0 spiro atoms. The van der Waals surface area contributed by atoms with E-state index >= 15 is 0 Å². The Morgan fingerprint density at radius 2 is 2.26 bits per heavy atom. The first-order valence-electron chi connectivity index (χ1n) is 5.53. The van der Waals surface area contributed by atoms with Crippen molar-refractivity contribution in [1.29, 1.82) is 0 Å². The van der Waals surface area contributed by atoms with Gasteiger partial charge in [0.25, 0.3) is 0 Å². The average Bonchev–Trinajstić information content (AvgIpc) is 2.41. The van der Waals surface area contributed by atoms with Gasteiger partial charge in [0.15, 0.2) is 16.7 Å². The lowest BCUT2D eigenvalue weighted by atomic mass is 10.2. The van der Waals surface area contributed by atoms with Gasteiger partial charge in [-0.3, -0.25) is 0 Å². The molecule has 19 heavy (non-hydrogen) atoms. The summed E-state index contributed by atoms with van der Waals surface area (Å²) in [5.74, 6) is 1.31. The summed E-state index contributed by atoms with van der Waals surface area (Å²) < 4.78 is 11.6. The number of ether oxygens (including phenoxy) is 2. The number of nitrogens with zero attached hydrogens (tertiary/aromatic N) is 2. The van der Waals surface area contributed by atoms with Crippen LogP contribution in [0.5, 0.6) is 11.5 Å². The molecule has 2 N–H and O–H groups in total. The van der Waals surface area contributed by atoms with Crippen molar-refractivity contribution < 1.29 is 9.47 Å². The molecule has 0 unspecified atom stereocenters. The Bertz CT molecular complexity index is 492. The minimum atomic E-state index is 0.410. The minimum absolute atomic E-state index is 0.410. The van der Waals surface area contributed by atoms with Gasteiger partial charge in [0, 0.05) is 0 Å². The van der Waals surface area contributed by atoms with Gasteiger partial charge in [0.05, 0.1) is 24.4 Å². The maximum absolute atomic E-state index is 5.53. The number of methoxy groups -OCH3 is 1. The fraction of sp³-hybridized carbons (Fsp3) is 0.333. The second kappa shape index (κ2) is 8.06. The predicted molar refractivity (Wildman–Crippen MR) is 84.6 cm³/mol. The van der Waals surface area contributed by atoms with Gasteiger partial charge in [-0.15, -0.1) is 5.10 Å². The highest BCUT2D eigenvalue weighted by Crippen LogP contribution is 2.36. The van der Waals surface area contributed by atoms with Crippen LogP contribution < -0.4 is 15.2 Å². The molecule has 1 aromatic rings. The fourth-order valence-corrected chi connectivity index (χ4v) is 1.99. The normalized spacial score (nSPS) is 11.9. The first-order chi connectivity index (χ1) is 9.12. The molecule has 1 aromatic carbocycles. The van der Waals surface area contributed by atoms with Crippen molar-refractivity contribution in [3.8, 4) is 11.5 Å². The van der Waals surface area contributed by atoms with Crippen molar-refractivity contribution >= 4 is 39.1 Å². The lowest BCUT2D eigenvalue weighted by Gasteiger charge is -2.11. The molecule has 5 nitrogen and oxygen atoms in total. The average molecular weight is 346 g/mol. The van der Waals surface area contributed by atoms with Crippen LogP contribution in [-0.4, -0.2) is 31.4 Å². The molecule has 7 heteroatoms. The Labute approximate surface area is 125 Å². The molecule has 0 aromatic heterocycles. The third-order valence-corrected chi connectivity index (χ3v) is 3.20. The van der Waals surface area contributed by atoms with Gasteiger partial charge in [-0.1, -0.05) is 11.8 Å². The standard InChI is InChI=1S/C12H16BrN3O2S/c1-4-18-11-9(13)5-8(6-10(11)17-2)7-15-16-12(14)19-3/h5-7H,4H2,1-3H3,(H2,14,16)/b15-7-. The molecule has 0 aliphatic heterocycles. The van der Waals surface area contributed by atoms with Crippen molar-refractivity contribution in [2.45, 2.75) is 6.92 Å². The SMILES string of the molecule is CCOc1c(Br)cc(/C=N\N=C(/N)SC)cc1OC. The van der Waals surface area contributed by atoms with Gasteiger partial charge < -0.3 is 15.2 Å². The van der Waals surface area contributed by atoms with E-state index in [4.69, 9.17) is 15.2 Å². The zero-order chi connectivity index (χ0) is 14.3. The van der Waals surface area contributed by atoms with E-state index in [9.17, 15) is 0 Å². The highest BCUT2D eigenvalue weighted by atomic mass is 79.9. The Hall–Kier alpha value is -1.21. The van der Waals surface area contributed by atoms with E-state index in [1.165, 1.54) is 11.8 Å². The van der Waals surface area contributed by atoms with Gasteiger partial charge >= 0.3 is 0 Å². The van der Waals surface area contributed by atoms with Gasteiger partial charge in [0.1, 0.15) is 0 Å². The summed E-state index contributed by atoms with van der Waals surface area (Å²) in [7, 11) is 1.59. The summed E-state index contributed by atoms with van der Waals surface area (Å²) in [5.41, 5.74) is 6.37. The molecule has 0 saturated carbocycles. The third kappa shape index (κ3) is 4.76. The first-order valence-corrected chi connectivity index (χ1v) is 7.55. The molecule has 1 rings (SSSR count). The van der Waals surface area contributed by atoms with E-state index in [2.05, 4.69) is 26.1 Å². The van der Waals surface area contributed by atoms with Crippen LogP contribution in [0, 0.1) is 0 Å².